The number of hydrogen-bond donors (Lipinski definition) is 1. The second-order valence-corrected chi connectivity index (χ2v) is 5.06. The van der Waals surface area contributed by atoms with Crippen LogP contribution in [0.5, 0.6) is 0 Å². The summed E-state index contributed by atoms with van der Waals surface area (Å²) in [6.07, 6.45) is 1.32. The third-order valence-electron chi connectivity index (χ3n) is 3.06. The normalized spacial score (nSPS) is 12.0. The van der Waals surface area contributed by atoms with E-state index in [1.807, 2.05) is 6.07 Å². The molecule has 1 aromatic rings. The second-order valence-electron chi connectivity index (χ2n) is 5.06. The number of aliphatic hydroxyl groups is 1. The molecule has 0 unspecified atom stereocenters. The van der Waals surface area contributed by atoms with E-state index in [1.165, 1.54) is 5.56 Å². The van der Waals surface area contributed by atoms with Gasteiger partial charge in [0.15, 0.2) is 0 Å². The number of aliphatic hydroxyl groups excluding tert-OH is 1. The van der Waals surface area contributed by atoms with E-state index in [0.717, 1.165) is 19.5 Å². The maximum absolute atomic E-state index is 8.86. The first-order chi connectivity index (χ1) is 8.10. The van der Waals surface area contributed by atoms with Gasteiger partial charge < -0.3 is 10.0 Å². The van der Waals surface area contributed by atoms with Gasteiger partial charge in [-0.2, -0.15) is 0 Å². The average Bonchev–Trinajstić information content (AvgIpc) is 2.35. The Hall–Kier alpha value is -0.795. The maximum atomic E-state index is 8.86. The zero-order chi connectivity index (χ0) is 12.7. The van der Waals surface area contributed by atoms with Gasteiger partial charge in [0.05, 0.1) is 7.85 Å². The van der Waals surface area contributed by atoms with Crippen molar-refractivity contribution in [1.29, 1.82) is 0 Å². The fourth-order valence-corrected chi connectivity index (χ4v) is 2.07. The first kappa shape index (κ1) is 14.3. The smallest absolute Gasteiger partial charge is 0.0863 e. The van der Waals surface area contributed by atoms with Crippen molar-refractivity contribution in [2.24, 2.45) is 0 Å². The Labute approximate surface area is 106 Å². The van der Waals surface area contributed by atoms with E-state index in [0.29, 0.717) is 6.44 Å². The number of nitrogens with zero attached hydrogens (tertiary/aromatic N) is 1. The van der Waals surface area contributed by atoms with Gasteiger partial charge in [0.2, 0.25) is 0 Å². The molecule has 1 rings (SSSR count). The van der Waals surface area contributed by atoms with Crippen molar-refractivity contribution in [3.8, 4) is 0 Å². The van der Waals surface area contributed by atoms with Crippen molar-refractivity contribution in [2.75, 3.05) is 26.1 Å². The standard InChI is InChI=1S/C14H22BNO/c1-14(2,13-7-4-3-5-8-13)11-16(12-15)9-6-10-17/h3-5,7-8,17H,6,9-12H2,1-2H3. The first-order valence-corrected chi connectivity index (χ1v) is 6.19. The highest BCUT2D eigenvalue weighted by molar-refractivity contribution is 6.08. The molecule has 0 amide bonds. The topological polar surface area (TPSA) is 23.5 Å². The maximum Gasteiger partial charge on any atom is 0.0863 e. The van der Waals surface area contributed by atoms with Gasteiger partial charge >= 0.3 is 0 Å². The fraction of sp³-hybridized carbons (Fsp3) is 0.571. The number of hydrogen-bond acceptors (Lipinski definition) is 2. The Balaban J connectivity index is 2.64. The lowest BCUT2D eigenvalue weighted by Crippen LogP contribution is -2.38. The highest BCUT2D eigenvalue weighted by Gasteiger charge is 2.22. The van der Waals surface area contributed by atoms with Gasteiger partial charge in [-0.15, -0.1) is 0 Å². The summed E-state index contributed by atoms with van der Waals surface area (Å²) in [6, 6.07) is 10.5. The zero-order valence-electron chi connectivity index (χ0n) is 10.9. The summed E-state index contributed by atoms with van der Waals surface area (Å²) >= 11 is 0. The molecule has 0 aliphatic carbocycles. The molecular weight excluding hydrogens is 209 g/mol. The highest BCUT2D eigenvalue weighted by atomic mass is 16.3. The van der Waals surface area contributed by atoms with Crippen LogP contribution in [0.4, 0.5) is 0 Å². The quantitative estimate of drug-likeness (QED) is 0.723. The Morgan fingerprint density at radius 1 is 1.24 bits per heavy atom. The van der Waals surface area contributed by atoms with Gasteiger partial charge in [0.1, 0.15) is 0 Å². The number of benzene rings is 1. The van der Waals surface area contributed by atoms with Gasteiger partial charge in [0.25, 0.3) is 0 Å². The molecule has 0 fully saturated rings. The second kappa shape index (κ2) is 6.82. The molecule has 0 aliphatic heterocycles. The summed E-state index contributed by atoms with van der Waals surface area (Å²) in [5.41, 5.74) is 1.40. The van der Waals surface area contributed by atoms with Gasteiger partial charge in [-0.1, -0.05) is 44.2 Å². The minimum absolute atomic E-state index is 0.0795. The minimum atomic E-state index is 0.0795. The van der Waals surface area contributed by atoms with Crippen LogP contribution in [0.25, 0.3) is 0 Å². The van der Waals surface area contributed by atoms with Crippen LogP contribution >= 0.6 is 0 Å². The van der Waals surface area contributed by atoms with Crippen molar-refractivity contribution in [3.05, 3.63) is 35.9 Å². The van der Waals surface area contributed by atoms with E-state index in [1.54, 1.807) is 0 Å². The summed E-state index contributed by atoms with van der Waals surface area (Å²) in [5.74, 6) is 0. The van der Waals surface area contributed by atoms with Crippen LogP contribution in [0.2, 0.25) is 0 Å². The van der Waals surface area contributed by atoms with Crippen LogP contribution in [0.3, 0.4) is 0 Å². The van der Waals surface area contributed by atoms with Crippen molar-refractivity contribution >= 4 is 7.85 Å². The molecule has 2 radical (unpaired) electrons. The van der Waals surface area contributed by atoms with E-state index in [9.17, 15) is 0 Å². The highest BCUT2D eigenvalue weighted by Crippen LogP contribution is 2.23. The largest absolute Gasteiger partial charge is 0.396 e. The summed E-state index contributed by atoms with van der Waals surface area (Å²) in [7, 11) is 5.74. The minimum Gasteiger partial charge on any atom is -0.396 e. The fourth-order valence-electron chi connectivity index (χ4n) is 2.07. The molecule has 0 heterocycles. The predicted octanol–water partition coefficient (Wildman–Crippen LogP) is 1.77. The van der Waals surface area contributed by atoms with E-state index in [-0.39, 0.29) is 12.0 Å². The third-order valence-corrected chi connectivity index (χ3v) is 3.06. The van der Waals surface area contributed by atoms with Gasteiger partial charge in [-0.25, -0.2) is 0 Å². The summed E-state index contributed by atoms with van der Waals surface area (Å²) < 4.78 is 0. The Morgan fingerprint density at radius 3 is 2.41 bits per heavy atom. The molecule has 0 aromatic heterocycles. The molecule has 2 nitrogen and oxygen atoms in total. The van der Waals surface area contributed by atoms with E-state index < -0.39 is 0 Å². The van der Waals surface area contributed by atoms with Crippen LogP contribution in [-0.4, -0.2) is 44.0 Å². The molecule has 1 aromatic carbocycles. The molecule has 3 heteroatoms. The van der Waals surface area contributed by atoms with E-state index in [2.05, 4.69) is 43.0 Å². The molecule has 17 heavy (non-hydrogen) atoms. The SMILES string of the molecule is [B]CN(CCCO)CC(C)(C)c1ccccc1. The van der Waals surface area contributed by atoms with Crippen molar-refractivity contribution in [1.82, 2.24) is 4.90 Å². The summed E-state index contributed by atoms with van der Waals surface area (Å²) in [5, 5.41) is 8.86. The van der Waals surface area contributed by atoms with Crippen LogP contribution in [0.15, 0.2) is 30.3 Å². The van der Waals surface area contributed by atoms with E-state index in [4.69, 9.17) is 13.0 Å². The zero-order valence-corrected chi connectivity index (χ0v) is 10.9. The summed E-state index contributed by atoms with van der Waals surface area (Å²) in [6.45, 7) is 6.44. The Kier molecular flexibility index (Phi) is 5.73. The molecule has 92 valence electrons. The van der Waals surface area contributed by atoms with Crippen LogP contribution in [0.1, 0.15) is 25.8 Å². The lowest BCUT2D eigenvalue weighted by molar-refractivity contribution is 0.216. The average molecular weight is 231 g/mol. The molecule has 0 spiro atoms. The molecule has 0 saturated carbocycles. The van der Waals surface area contributed by atoms with Gasteiger partial charge in [-0.3, -0.25) is 0 Å². The molecule has 0 aliphatic rings. The molecular formula is C14H22BNO. The molecule has 0 atom stereocenters. The Morgan fingerprint density at radius 2 is 1.88 bits per heavy atom. The van der Waals surface area contributed by atoms with Gasteiger partial charge in [0, 0.05) is 18.6 Å². The predicted molar refractivity (Wildman–Crippen MR) is 73.4 cm³/mol. The van der Waals surface area contributed by atoms with Gasteiger partial charge in [-0.05, 0) is 25.0 Å². The van der Waals surface area contributed by atoms with Crippen LogP contribution in [-0.2, 0) is 5.41 Å². The van der Waals surface area contributed by atoms with E-state index >= 15 is 0 Å². The molecule has 1 N–H and O–H groups in total. The lowest BCUT2D eigenvalue weighted by Gasteiger charge is -2.32. The molecule has 0 bridgehead atoms. The van der Waals surface area contributed by atoms with Crippen molar-refractivity contribution < 1.29 is 5.11 Å². The number of rotatable bonds is 7. The monoisotopic (exact) mass is 231 g/mol. The Bertz CT molecular complexity index is 313. The third kappa shape index (κ3) is 4.53. The van der Waals surface area contributed by atoms with Crippen LogP contribution in [0, 0.1) is 0 Å². The first-order valence-electron chi connectivity index (χ1n) is 6.19. The summed E-state index contributed by atoms with van der Waals surface area (Å²) in [4.78, 5) is 2.18. The lowest BCUT2D eigenvalue weighted by atomic mass is 9.83. The van der Waals surface area contributed by atoms with Crippen molar-refractivity contribution in [3.63, 3.8) is 0 Å². The molecule has 0 saturated heterocycles. The van der Waals surface area contributed by atoms with Crippen molar-refractivity contribution in [2.45, 2.75) is 25.7 Å². The van der Waals surface area contributed by atoms with Crippen LogP contribution < -0.4 is 0 Å².